The number of hydrogen-bond donors (Lipinski definition) is 0. The van der Waals surface area contributed by atoms with Crippen molar-refractivity contribution in [2.75, 3.05) is 12.8 Å². The summed E-state index contributed by atoms with van der Waals surface area (Å²) in [6.07, 6.45) is 3.10. The van der Waals surface area contributed by atoms with Gasteiger partial charge < -0.3 is 14.0 Å². The topological polar surface area (TPSA) is 53.4 Å². The molecule has 0 aliphatic rings. The van der Waals surface area contributed by atoms with Crippen LogP contribution in [0.2, 0.25) is 18.1 Å². The van der Waals surface area contributed by atoms with Crippen LogP contribution in [0.5, 0.6) is 0 Å². The standard InChI is InChI=1S/C35H42N2O3Si/c1-8-30-31(32(33(38)39-9-2)40-26-41(6,7)34(3,4)5)36-25-37(30)35(27-19-13-10-14-20-27,28-21-15-11-16-22-28)29-23-17-12-18-24-29/h8,10-25,32H,1,9,26H2,2-7H3. The number of nitrogens with zero attached hydrogens (tertiary/aromatic N) is 2. The van der Waals surface area contributed by atoms with E-state index >= 15 is 0 Å². The van der Waals surface area contributed by atoms with E-state index in [1.807, 2.05) is 54.6 Å². The molecule has 4 aromatic rings. The lowest BCUT2D eigenvalue weighted by Gasteiger charge is -2.38. The highest BCUT2D eigenvalue weighted by atomic mass is 28.3. The minimum Gasteiger partial charge on any atom is -0.464 e. The van der Waals surface area contributed by atoms with Crippen LogP contribution in [0.4, 0.5) is 0 Å². The lowest BCUT2D eigenvalue weighted by Crippen LogP contribution is -2.43. The molecule has 1 heterocycles. The van der Waals surface area contributed by atoms with Crippen molar-refractivity contribution in [2.24, 2.45) is 0 Å². The first-order valence-corrected chi connectivity index (χ1v) is 17.4. The first-order valence-electron chi connectivity index (χ1n) is 14.2. The zero-order valence-electron chi connectivity index (χ0n) is 25.1. The Kier molecular flexibility index (Phi) is 9.15. The normalized spacial score (nSPS) is 13.0. The second-order valence-electron chi connectivity index (χ2n) is 12.0. The van der Waals surface area contributed by atoms with Crippen molar-refractivity contribution in [3.8, 4) is 0 Å². The summed E-state index contributed by atoms with van der Waals surface area (Å²) < 4.78 is 14.1. The van der Waals surface area contributed by atoms with Crippen LogP contribution in [0.25, 0.3) is 6.08 Å². The van der Waals surface area contributed by atoms with Gasteiger partial charge in [-0.1, -0.05) is 131 Å². The molecule has 1 atom stereocenters. The molecule has 0 aliphatic heterocycles. The van der Waals surface area contributed by atoms with Gasteiger partial charge in [0.2, 0.25) is 0 Å². The summed E-state index contributed by atoms with van der Waals surface area (Å²) in [5, 5.41) is 0.0932. The molecule has 0 fully saturated rings. The number of carbonyl (C=O) groups is 1. The number of esters is 1. The Morgan fingerprint density at radius 2 is 1.37 bits per heavy atom. The van der Waals surface area contributed by atoms with Gasteiger partial charge in [-0.3, -0.25) is 0 Å². The maximum absolute atomic E-state index is 13.4. The monoisotopic (exact) mass is 566 g/mol. The van der Waals surface area contributed by atoms with Crippen molar-refractivity contribution in [1.82, 2.24) is 9.55 Å². The number of rotatable bonds is 11. The summed E-state index contributed by atoms with van der Waals surface area (Å²) in [5.74, 6) is -0.440. The van der Waals surface area contributed by atoms with Crippen molar-refractivity contribution in [1.29, 1.82) is 0 Å². The Morgan fingerprint density at radius 1 is 0.902 bits per heavy atom. The number of ether oxygens (including phenoxy) is 2. The summed E-state index contributed by atoms with van der Waals surface area (Å²) in [5.41, 5.74) is 3.58. The molecule has 4 rings (SSSR count). The minimum absolute atomic E-state index is 0.0932. The van der Waals surface area contributed by atoms with Gasteiger partial charge in [0.25, 0.3) is 0 Å². The quantitative estimate of drug-likeness (QED) is 0.105. The molecule has 0 radical (unpaired) electrons. The Labute approximate surface area is 245 Å². The second-order valence-corrected chi connectivity index (χ2v) is 17.5. The first-order chi connectivity index (χ1) is 19.6. The van der Waals surface area contributed by atoms with E-state index in [0.29, 0.717) is 17.6 Å². The van der Waals surface area contributed by atoms with E-state index in [1.165, 1.54) is 0 Å². The molecule has 0 saturated heterocycles. The Hall–Kier alpha value is -3.74. The lowest BCUT2D eigenvalue weighted by molar-refractivity contribution is -0.156. The van der Waals surface area contributed by atoms with Crippen molar-refractivity contribution in [2.45, 2.75) is 57.5 Å². The fourth-order valence-electron chi connectivity index (χ4n) is 4.98. The number of benzene rings is 3. The van der Waals surface area contributed by atoms with Crippen LogP contribution in [0.3, 0.4) is 0 Å². The van der Waals surface area contributed by atoms with Gasteiger partial charge in [0.1, 0.15) is 11.2 Å². The smallest absolute Gasteiger partial charge is 0.341 e. The van der Waals surface area contributed by atoms with Crippen LogP contribution in [0.15, 0.2) is 104 Å². The van der Waals surface area contributed by atoms with Crippen LogP contribution in [0, 0.1) is 0 Å². The second kappa shape index (κ2) is 12.4. The Morgan fingerprint density at radius 3 is 1.76 bits per heavy atom. The molecule has 5 nitrogen and oxygen atoms in total. The van der Waals surface area contributed by atoms with Gasteiger partial charge in [-0.2, -0.15) is 0 Å². The molecule has 3 aromatic carbocycles. The number of carbonyl (C=O) groups excluding carboxylic acids is 1. The summed E-state index contributed by atoms with van der Waals surface area (Å²) >= 11 is 0. The molecule has 0 saturated carbocycles. The molecule has 0 aliphatic carbocycles. The van der Waals surface area contributed by atoms with Gasteiger partial charge in [-0.25, -0.2) is 9.78 Å². The van der Waals surface area contributed by atoms with Crippen molar-refractivity contribution in [3.63, 3.8) is 0 Å². The van der Waals surface area contributed by atoms with Crippen LogP contribution >= 0.6 is 0 Å². The molecule has 0 bridgehead atoms. The maximum atomic E-state index is 13.4. The average Bonchev–Trinajstić information content (AvgIpc) is 3.39. The van der Waals surface area contributed by atoms with E-state index in [2.05, 4.69) is 81.4 Å². The molecule has 0 amide bonds. The van der Waals surface area contributed by atoms with Gasteiger partial charge in [0.05, 0.1) is 26.7 Å². The number of imidazole rings is 1. The molecule has 214 valence electrons. The molecule has 41 heavy (non-hydrogen) atoms. The highest BCUT2D eigenvalue weighted by Gasteiger charge is 2.42. The zero-order chi connectivity index (χ0) is 29.7. The van der Waals surface area contributed by atoms with Gasteiger partial charge in [-0.15, -0.1) is 0 Å². The van der Waals surface area contributed by atoms with Crippen molar-refractivity contribution < 1.29 is 14.3 Å². The Balaban J connectivity index is 1.98. The highest BCUT2D eigenvalue weighted by molar-refractivity contribution is 6.80. The first kappa shape index (κ1) is 30.2. The fraction of sp³-hybridized carbons (Fsp3) is 0.314. The minimum atomic E-state index is -1.88. The summed E-state index contributed by atoms with van der Waals surface area (Å²) in [7, 11) is -1.88. The predicted octanol–water partition coefficient (Wildman–Crippen LogP) is 8.03. The molecular formula is C35H42N2O3Si. The van der Waals surface area contributed by atoms with Gasteiger partial charge >= 0.3 is 5.97 Å². The van der Waals surface area contributed by atoms with Gasteiger partial charge in [0.15, 0.2) is 6.10 Å². The predicted molar refractivity (Wildman–Crippen MR) is 169 cm³/mol. The summed E-state index contributed by atoms with van der Waals surface area (Å²) in [6.45, 7) is 17.5. The van der Waals surface area contributed by atoms with Crippen LogP contribution in [-0.4, -0.2) is 36.4 Å². The third kappa shape index (κ3) is 5.85. The molecule has 6 heteroatoms. The summed E-state index contributed by atoms with van der Waals surface area (Å²) in [4.78, 5) is 18.3. The molecule has 1 aromatic heterocycles. The molecule has 0 spiro atoms. The van der Waals surface area contributed by atoms with Crippen molar-refractivity contribution in [3.05, 3.63) is 132 Å². The third-order valence-corrected chi connectivity index (χ3v) is 13.3. The van der Waals surface area contributed by atoms with Gasteiger partial charge in [-0.05, 0) is 34.7 Å². The van der Waals surface area contributed by atoms with E-state index in [1.54, 1.807) is 19.3 Å². The summed E-state index contributed by atoms with van der Waals surface area (Å²) in [6, 6.07) is 31.1. The fourth-order valence-corrected chi connectivity index (χ4v) is 6.00. The zero-order valence-corrected chi connectivity index (χ0v) is 26.1. The largest absolute Gasteiger partial charge is 0.464 e. The maximum Gasteiger partial charge on any atom is 0.341 e. The number of aromatic nitrogens is 2. The van der Waals surface area contributed by atoms with Crippen LogP contribution < -0.4 is 0 Å². The molecule has 1 unspecified atom stereocenters. The van der Waals surface area contributed by atoms with Crippen LogP contribution in [0.1, 0.15) is 61.9 Å². The third-order valence-electron chi connectivity index (χ3n) is 8.35. The van der Waals surface area contributed by atoms with Crippen molar-refractivity contribution >= 4 is 20.1 Å². The SMILES string of the molecule is C=Cc1c(C(OC[Si](C)(C)C(C)(C)C)C(=O)OCC)ncn1C(c1ccccc1)(c1ccccc1)c1ccccc1. The highest BCUT2D eigenvalue weighted by Crippen LogP contribution is 2.43. The van der Waals surface area contributed by atoms with Crippen LogP contribution in [-0.2, 0) is 19.8 Å². The molecular weight excluding hydrogens is 524 g/mol. The Bertz CT molecular complexity index is 1340. The van der Waals surface area contributed by atoms with E-state index in [0.717, 1.165) is 16.7 Å². The number of hydrogen-bond acceptors (Lipinski definition) is 4. The molecule has 0 N–H and O–H groups in total. The van der Waals surface area contributed by atoms with E-state index in [-0.39, 0.29) is 11.6 Å². The average molecular weight is 567 g/mol. The van der Waals surface area contributed by atoms with E-state index in [4.69, 9.17) is 14.5 Å². The van der Waals surface area contributed by atoms with E-state index in [9.17, 15) is 4.79 Å². The lowest BCUT2D eigenvalue weighted by atomic mass is 9.76. The van der Waals surface area contributed by atoms with Gasteiger partial charge in [0, 0.05) is 6.23 Å². The van der Waals surface area contributed by atoms with E-state index < -0.39 is 25.7 Å².